The van der Waals surface area contributed by atoms with E-state index in [0.29, 0.717) is 11.7 Å². The number of hydrogen-bond acceptors (Lipinski definition) is 4. The predicted molar refractivity (Wildman–Crippen MR) is 61.8 cm³/mol. The molecule has 1 aromatic rings. The van der Waals surface area contributed by atoms with Crippen molar-refractivity contribution in [2.75, 3.05) is 5.32 Å². The average molecular weight is 216 g/mol. The fourth-order valence-electron chi connectivity index (χ4n) is 2.07. The Balaban J connectivity index is 1.91. The van der Waals surface area contributed by atoms with E-state index in [0.717, 1.165) is 11.7 Å². The van der Waals surface area contributed by atoms with Gasteiger partial charge in [-0.1, -0.05) is 6.92 Å². The van der Waals surface area contributed by atoms with Crippen LogP contribution >= 0.6 is 0 Å². The summed E-state index contributed by atoms with van der Waals surface area (Å²) in [7, 11) is 0. The Morgan fingerprint density at radius 2 is 2.00 bits per heavy atom. The Hall–Kier alpha value is -1.63. The molecule has 0 bridgehead atoms. The molecule has 4 heteroatoms. The van der Waals surface area contributed by atoms with Crippen molar-refractivity contribution < 1.29 is 0 Å². The second-order valence-electron chi connectivity index (χ2n) is 4.50. The summed E-state index contributed by atoms with van der Waals surface area (Å²) in [6, 6.07) is 2.47. The highest BCUT2D eigenvalue weighted by Crippen LogP contribution is 2.25. The summed E-state index contributed by atoms with van der Waals surface area (Å²) in [4.78, 5) is 8.16. The Kier molecular flexibility index (Phi) is 3.35. The van der Waals surface area contributed by atoms with Gasteiger partial charge in [-0.05, 0) is 31.6 Å². The second-order valence-corrected chi connectivity index (χ2v) is 4.50. The van der Waals surface area contributed by atoms with Crippen molar-refractivity contribution >= 4 is 5.82 Å². The predicted octanol–water partition coefficient (Wildman–Crippen LogP) is 2.34. The number of nitriles is 1. The van der Waals surface area contributed by atoms with Crippen molar-refractivity contribution in [1.29, 1.82) is 5.26 Å². The quantitative estimate of drug-likeness (QED) is 0.824. The standard InChI is InChI=1S/C12H16N4/c1-9-2-4-10(5-3-9)16-12-8-14-11(6-13)7-15-12/h7-10H,2-5H2,1H3,(H,15,16). The summed E-state index contributed by atoms with van der Waals surface area (Å²) in [5, 5.41) is 12.0. The van der Waals surface area contributed by atoms with Gasteiger partial charge < -0.3 is 5.32 Å². The van der Waals surface area contributed by atoms with Gasteiger partial charge in [-0.2, -0.15) is 5.26 Å². The van der Waals surface area contributed by atoms with Gasteiger partial charge in [-0.3, -0.25) is 0 Å². The van der Waals surface area contributed by atoms with Crippen LogP contribution in [0.25, 0.3) is 0 Å². The topological polar surface area (TPSA) is 61.6 Å². The molecule has 0 spiro atoms. The molecule has 0 aromatic carbocycles. The molecule has 1 fully saturated rings. The molecule has 0 atom stereocenters. The van der Waals surface area contributed by atoms with Gasteiger partial charge in [-0.15, -0.1) is 0 Å². The molecule has 84 valence electrons. The molecule has 1 aliphatic rings. The van der Waals surface area contributed by atoms with Crippen molar-refractivity contribution in [1.82, 2.24) is 9.97 Å². The molecule has 0 radical (unpaired) electrons. The summed E-state index contributed by atoms with van der Waals surface area (Å²) in [5.41, 5.74) is 0.364. The average Bonchev–Trinajstić information content (AvgIpc) is 2.33. The lowest BCUT2D eigenvalue weighted by atomic mass is 9.87. The van der Waals surface area contributed by atoms with Crippen LogP contribution in [0.2, 0.25) is 0 Å². The van der Waals surface area contributed by atoms with Crippen LogP contribution < -0.4 is 5.32 Å². The van der Waals surface area contributed by atoms with Crippen LogP contribution in [0.5, 0.6) is 0 Å². The molecular formula is C12H16N4. The number of aromatic nitrogens is 2. The minimum absolute atomic E-state index is 0.364. The van der Waals surface area contributed by atoms with Gasteiger partial charge in [0.2, 0.25) is 0 Å². The van der Waals surface area contributed by atoms with Crippen molar-refractivity contribution in [3.8, 4) is 6.07 Å². The third-order valence-electron chi connectivity index (χ3n) is 3.13. The van der Waals surface area contributed by atoms with Crippen LogP contribution in [0.4, 0.5) is 5.82 Å². The first kappa shape index (κ1) is 10.9. The highest BCUT2D eigenvalue weighted by Gasteiger charge is 2.18. The van der Waals surface area contributed by atoms with Gasteiger partial charge in [0.1, 0.15) is 11.9 Å². The summed E-state index contributed by atoms with van der Waals surface area (Å²) in [6.45, 7) is 2.30. The second kappa shape index (κ2) is 4.93. The molecule has 0 aliphatic heterocycles. The normalized spacial score (nSPS) is 24.8. The summed E-state index contributed by atoms with van der Waals surface area (Å²) in [6.07, 6.45) is 8.10. The van der Waals surface area contributed by atoms with E-state index in [1.807, 2.05) is 6.07 Å². The minimum atomic E-state index is 0.364. The van der Waals surface area contributed by atoms with Gasteiger partial charge in [0.25, 0.3) is 0 Å². The van der Waals surface area contributed by atoms with E-state index in [2.05, 4.69) is 22.2 Å². The third-order valence-corrected chi connectivity index (χ3v) is 3.13. The van der Waals surface area contributed by atoms with Crippen molar-refractivity contribution in [3.05, 3.63) is 18.1 Å². The number of rotatable bonds is 2. The van der Waals surface area contributed by atoms with Crippen LogP contribution in [0.1, 0.15) is 38.3 Å². The molecule has 1 aromatic heterocycles. The summed E-state index contributed by atoms with van der Waals surface area (Å²) < 4.78 is 0. The molecule has 0 unspecified atom stereocenters. The molecule has 0 saturated heterocycles. The first-order valence-corrected chi connectivity index (χ1v) is 5.76. The molecule has 1 heterocycles. The van der Waals surface area contributed by atoms with E-state index in [4.69, 9.17) is 5.26 Å². The molecule has 2 rings (SSSR count). The molecule has 4 nitrogen and oxygen atoms in total. The molecule has 16 heavy (non-hydrogen) atoms. The Labute approximate surface area is 95.7 Å². The maximum Gasteiger partial charge on any atom is 0.158 e. The fraction of sp³-hybridized carbons (Fsp3) is 0.583. The van der Waals surface area contributed by atoms with E-state index < -0.39 is 0 Å². The zero-order chi connectivity index (χ0) is 11.4. The lowest BCUT2D eigenvalue weighted by Crippen LogP contribution is -2.25. The first-order valence-electron chi connectivity index (χ1n) is 5.76. The number of hydrogen-bond donors (Lipinski definition) is 1. The zero-order valence-corrected chi connectivity index (χ0v) is 9.48. The monoisotopic (exact) mass is 216 g/mol. The molecule has 1 aliphatic carbocycles. The van der Waals surface area contributed by atoms with Crippen LogP contribution in [-0.2, 0) is 0 Å². The number of nitrogens with one attached hydrogen (secondary N) is 1. The van der Waals surface area contributed by atoms with E-state index in [-0.39, 0.29) is 0 Å². The lowest BCUT2D eigenvalue weighted by Gasteiger charge is -2.27. The summed E-state index contributed by atoms with van der Waals surface area (Å²) in [5.74, 6) is 1.63. The molecule has 0 amide bonds. The zero-order valence-electron chi connectivity index (χ0n) is 9.48. The maximum absolute atomic E-state index is 8.61. The highest BCUT2D eigenvalue weighted by molar-refractivity contribution is 5.34. The SMILES string of the molecule is CC1CCC(Nc2cnc(C#N)cn2)CC1. The molecule has 1 saturated carbocycles. The van der Waals surface area contributed by atoms with Gasteiger partial charge in [0.05, 0.1) is 12.4 Å². The Morgan fingerprint density at radius 1 is 1.25 bits per heavy atom. The van der Waals surface area contributed by atoms with Gasteiger partial charge in [0, 0.05) is 6.04 Å². The van der Waals surface area contributed by atoms with Gasteiger partial charge in [-0.25, -0.2) is 9.97 Å². The smallest absolute Gasteiger partial charge is 0.158 e. The van der Waals surface area contributed by atoms with Crippen molar-refractivity contribution in [3.63, 3.8) is 0 Å². The Bertz CT molecular complexity index is 371. The lowest BCUT2D eigenvalue weighted by molar-refractivity contribution is 0.361. The van der Waals surface area contributed by atoms with E-state index in [1.165, 1.54) is 31.9 Å². The Morgan fingerprint density at radius 3 is 2.56 bits per heavy atom. The van der Waals surface area contributed by atoms with Crippen LogP contribution in [0, 0.1) is 17.2 Å². The number of anilines is 1. The van der Waals surface area contributed by atoms with E-state index in [9.17, 15) is 0 Å². The largest absolute Gasteiger partial charge is 0.366 e. The summed E-state index contributed by atoms with van der Waals surface area (Å²) >= 11 is 0. The molecular weight excluding hydrogens is 200 g/mol. The van der Waals surface area contributed by atoms with E-state index in [1.54, 1.807) is 6.20 Å². The fourth-order valence-corrected chi connectivity index (χ4v) is 2.07. The maximum atomic E-state index is 8.61. The van der Waals surface area contributed by atoms with Gasteiger partial charge >= 0.3 is 0 Å². The number of nitrogens with zero attached hydrogens (tertiary/aromatic N) is 3. The first-order chi connectivity index (χ1) is 7.78. The molecule has 1 N–H and O–H groups in total. The minimum Gasteiger partial charge on any atom is -0.366 e. The van der Waals surface area contributed by atoms with Crippen molar-refractivity contribution in [2.45, 2.75) is 38.6 Å². The van der Waals surface area contributed by atoms with Crippen LogP contribution in [0.3, 0.4) is 0 Å². The van der Waals surface area contributed by atoms with Crippen LogP contribution in [0.15, 0.2) is 12.4 Å². The van der Waals surface area contributed by atoms with Crippen molar-refractivity contribution in [2.24, 2.45) is 5.92 Å². The van der Waals surface area contributed by atoms with Crippen LogP contribution in [-0.4, -0.2) is 16.0 Å². The van der Waals surface area contributed by atoms with Gasteiger partial charge in [0.15, 0.2) is 5.69 Å². The third kappa shape index (κ3) is 2.69. The highest BCUT2D eigenvalue weighted by atomic mass is 15.0. The van der Waals surface area contributed by atoms with E-state index >= 15 is 0 Å².